The summed E-state index contributed by atoms with van der Waals surface area (Å²) in [5, 5.41) is 3.56. The fourth-order valence-electron chi connectivity index (χ4n) is 2.90. The number of carbonyl (C=O) groups is 1. The fraction of sp³-hybridized carbons (Fsp3) is 0.923. The van der Waals surface area contributed by atoms with Crippen molar-refractivity contribution >= 4 is 5.91 Å². The zero-order valence-electron chi connectivity index (χ0n) is 11.1. The van der Waals surface area contributed by atoms with Gasteiger partial charge in [0.1, 0.15) is 0 Å². The molecule has 98 valence electrons. The molecule has 2 fully saturated rings. The molecule has 0 bridgehead atoms. The number of amides is 1. The summed E-state index contributed by atoms with van der Waals surface area (Å²) in [6, 6.07) is 0.795. The number of likely N-dealkylation sites (tertiary alicyclic amines) is 1. The molecular weight excluding hydrogens is 214 g/mol. The highest BCUT2D eigenvalue weighted by atomic mass is 16.2. The summed E-state index contributed by atoms with van der Waals surface area (Å²) in [7, 11) is 3.99. The zero-order chi connectivity index (χ0) is 12.3. The third kappa shape index (κ3) is 3.19. The lowest BCUT2D eigenvalue weighted by molar-refractivity contribution is -0.130. The largest absolute Gasteiger partial charge is 0.344 e. The maximum absolute atomic E-state index is 11.9. The molecule has 2 aliphatic rings. The molecule has 4 nitrogen and oxygen atoms in total. The molecule has 0 aromatic carbocycles. The van der Waals surface area contributed by atoms with Crippen LogP contribution in [-0.4, -0.2) is 61.5 Å². The predicted octanol–water partition coefficient (Wildman–Crippen LogP) is 0.681. The van der Waals surface area contributed by atoms with Crippen LogP contribution >= 0.6 is 0 Å². The van der Waals surface area contributed by atoms with E-state index in [-0.39, 0.29) is 6.04 Å². The van der Waals surface area contributed by atoms with Gasteiger partial charge in [0.2, 0.25) is 5.91 Å². The predicted molar refractivity (Wildman–Crippen MR) is 68.9 cm³/mol. The van der Waals surface area contributed by atoms with Crippen molar-refractivity contribution in [2.75, 3.05) is 33.7 Å². The minimum absolute atomic E-state index is 0.128. The van der Waals surface area contributed by atoms with Crippen LogP contribution in [0.1, 0.15) is 32.1 Å². The van der Waals surface area contributed by atoms with Gasteiger partial charge in [-0.25, -0.2) is 0 Å². The van der Waals surface area contributed by atoms with E-state index in [1.165, 1.54) is 32.2 Å². The molecule has 2 atom stereocenters. The van der Waals surface area contributed by atoms with Crippen LogP contribution in [-0.2, 0) is 4.79 Å². The number of nitrogens with one attached hydrogen (secondary N) is 1. The first-order valence-electron chi connectivity index (χ1n) is 6.87. The number of hydrogen-bond acceptors (Lipinski definition) is 3. The summed E-state index contributed by atoms with van der Waals surface area (Å²) in [5.41, 5.74) is 0. The summed E-state index contributed by atoms with van der Waals surface area (Å²) in [4.78, 5) is 16.0. The second-order valence-electron chi connectivity index (χ2n) is 5.48. The summed E-state index contributed by atoms with van der Waals surface area (Å²) in [6.07, 6.45) is 6.13. The van der Waals surface area contributed by atoms with E-state index in [1.54, 1.807) is 0 Å². The Labute approximate surface area is 104 Å². The molecule has 2 heterocycles. The zero-order valence-corrected chi connectivity index (χ0v) is 11.1. The van der Waals surface area contributed by atoms with Crippen LogP contribution in [0.5, 0.6) is 0 Å². The molecule has 0 aromatic rings. The Morgan fingerprint density at radius 1 is 1.41 bits per heavy atom. The molecule has 0 spiro atoms. The Balaban J connectivity index is 1.73. The van der Waals surface area contributed by atoms with E-state index in [4.69, 9.17) is 0 Å². The van der Waals surface area contributed by atoms with Crippen molar-refractivity contribution in [3.8, 4) is 0 Å². The lowest BCUT2D eigenvalue weighted by Crippen LogP contribution is -2.42. The van der Waals surface area contributed by atoms with Gasteiger partial charge in [-0.2, -0.15) is 0 Å². The molecule has 0 aliphatic carbocycles. The number of carbonyl (C=O) groups excluding carboxylic acids is 1. The van der Waals surface area contributed by atoms with Gasteiger partial charge in [0.05, 0.1) is 6.04 Å². The van der Waals surface area contributed by atoms with Crippen LogP contribution < -0.4 is 5.32 Å². The molecule has 0 aromatic heterocycles. The molecule has 4 heteroatoms. The molecule has 0 saturated carbocycles. The molecule has 2 rings (SSSR count). The van der Waals surface area contributed by atoms with Crippen molar-refractivity contribution in [1.29, 1.82) is 0 Å². The van der Waals surface area contributed by atoms with Crippen LogP contribution in [0.25, 0.3) is 0 Å². The average Bonchev–Trinajstić information content (AvgIpc) is 2.69. The first-order valence-corrected chi connectivity index (χ1v) is 6.87. The van der Waals surface area contributed by atoms with E-state index in [9.17, 15) is 4.79 Å². The maximum Gasteiger partial charge on any atom is 0.239 e. The lowest BCUT2D eigenvalue weighted by Gasteiger charge is -2.28. The van der Waals surface area contributed by atoms with Gasteiger partial charge in [0, 0.05) is 26.2 Å². The number of hydrogen-bond donors (Lipinski definition) is 1. The summed E-state index contributed by atoms with van der Waals surface area (Å²) in [5.74, 6) is 0.295. The van der Waals surface area contributed by atoms with Crippen molar-refractivity contribution in [3.05, 3.63) is 0 Å². The third-order valence-electron chi connectivity index (χ3n) is 4.17. The van der Waals surface area contributed by atoms with Crippen LogP contribution in [0.15, 0.2) is 0 Å². The van der Waals surface area contributed by atoms with E-state index in [1.807, 2.05) is 11.9 Å². The quantitative estimate of drug-likeness (QED) is 0.784. The van der Waals surface area contributed by atoms with Crippen molar-refractivity contribution in [1.82, 2.24) is 15.1 Å². The second kappa shape index (κ2) is 5.83. The first kappa shape index (κ1) is 12.8. The van der Waals surface area contributed by atoms with Crippen LogP contribution in [0, 0.1) is 0 Å². The van der Waals surface area contributed by atoms with E-state index >= 15 is 0 Å². The van der Waals surface area contributed by atoms with Gasteiger partial charge in [-0.1, -0.05) is 6.42 Å². The summed E-state index contributed by atoms with van der Waals surface area (Å²) >= 11 is 0. The Morgan fingerprint density at radius 2 is 2.24 bits per heavy atom. The first-order chi connectivity index (χ1) is 8.18. The number of piperidine rings is 1. The Morgan fingerprint density at radius 3 is 2.82 bits per heavy atom. The molecule has 2 aliphatic heterocycles. The van der Waals surface area contributed by atoms with E-state index in [0.29, 0.717) is 11.9 Å². The minimum Gasteiger partial charge on any atom is -0.344 e. The van der Waals surface area contributed by atoms with Gasteiger partial charge >= 0.3 is 0 Å². The molecular formula is C13H25N3O. The molecule has 0 radical (unpaired) electrons. The lowest BCUT2D eigenvalue weighted by atomic mass is 10.0. The van der Waals surface area contributed by atoms with Gasteiger partial charge in [-0.15, -0.1) is 0 Å². The van der Waals surface area contributed by atoms with Gasteiger partial charge < -0.3 is 10.2 Å². The van der Waals surface area contributed by atoms with Gasteiger partial charge in [-0.05, 0) is 39.3 Å². The van der Waals surface area contributed by atoms with E-state index < -0.39 is 0 Å². The number of nitrogens with zero attached hydrogens (tertiary/aromatic N) is 2. The molecule has 17 heavy (non-hydrogen) atoms. The van der Waals surface area contributed by atoms with Crippen molar-refractivity contribution in [2.24, 2.45) is 0 Å². The van der Waals surface area contributed by atoms with Crippen molar-refractivity contribution in [2.45, 2.75) is 44.2 Å². The minimum atomic E-state index is 0.128. The molecule has 1 amide bonds. The van der Waals surface area contributed by atoms with Gasteiger partial charge in [0.25, 0.3) is 0 Å². The Hall–Kier alpha value is -0.610. The molecule has 2 unspecified atom stereocenters. The topological polar surface area (TPSA) is 35.6 Å². The molecule has 2 saturated heterocycles. The highest BCUT2D eigenvalue weighted by Crippen LogP contribution is 2.16. The number of likely N-dealkylation sites (N-methyl/N-ethyl adjacent to an activating group) is 2. The molecule has 1 N–H and O–H groups in total. The number of rotatable bonds is 4. The Bertz CT molecular complexity index is 263. The van der Waals surface area contributed by atoms with E-state index in [2.05, 4.69) is 17.3 Å². The van der Waals surface area contributed by atoms with Crippen LogP contribution in [0.4, 0.5) is 0 Å². The van der Waals surface area contributed by atoms with Gasteiger partial charge in [0.15, 0.2) is 0 Å². The fourth-order valence-corrected chi connectivity index (χ4v) is 2.90. The summed E-state index contributed by atoms with van der Waals surface area (Å²) < 4.78 is 0. The smallest absolute Gasteiger partial charge is 0.239 e. The average molecular weight is 239 g/mol. The highest BCUT2D eigenvalue weighted by molar-refractivity contribution is 5.83. The van der Waals surface area contributed by atoms with E-state index in [0.717, 1.165) is 19.5 Å². The van der Waals surface area contributed by atoms with Crippen LogP contribution in [0.3, 0.4) is 0 Å². The summed E-state index contributed by atoms with van der Waals surface area (Å²) in [6.45, 7) is 3.11. The Kier molecular flexibility index (Phi) is 4.40. The second-order valence-corrected chi connectivity index (χ2v) is 5.48. The third-order valence-corrected chi connectivity index (χ3v) is 4.17. The van der Waals surface area contributed by atoms with Crippen molar-refractivity contribution in [3.63, 3.8) is 0 Å². The monoisotopic (exact) mass is 239 g/mol. The highest BCUT2D eigenvalue weighted by Gasteiger charge is 2.32. The maximum atomic E-state index is 11.9. The van der Waals surface area contributed by atoms with Crippen LogP contribution in [0.2, 0.25) is 0 Å². The normalized spacial score (nSPS) is 30.3. The standard InChI is InChI=1S/C13H25N3O/c1-15(12-7-10-16(2)13(12)17)9-6-11-5-3-4-8-14-11/h11-12,14H,3-10H2,1-2H3. The van der Waals surface area contributed by atoms with Crippen molar-refractivity contribution < 1.29 is 4.79 Å². The van der Waals surface area contributed by atoms with Gasteiger partial charge in [-0.3, -0.25) is 9.69 Å². The SMILES string of the molecule is CN1CCC(N(C)CCC2CCCCN2)C1=O.